The minimum absolute atomic E-state index is 0.0955. The highest BCUT2D eigenvalue weighted by molar-refractivity contribution is 5.80. The molecule has 2 aromatic carbocycles. The molecule has 9 nitrogen and oxygen atoms in total. The Labute approximate surface area is 170 Å². The molecular weight excluding hydrogens is 384 g/mol. The third kappa shape index (κ3) is 3.77. The number of amides is 1. The van der Waals surface area contributed by atoms with Crippen molar-refractivity contribution < 1.29 is 4.79 Å². The van der Waals surface area contributed by atoms with E-state index in [0.717, 1.165) is 0 Å². The van der Waals surface area contributed by atoms with Crippen molar-refractivity contribution in [1.29, 1.82) is 0 Å². The van der Waals surface area contributed by atoms with Gasteiger partial charge >= 0.3 is 0 Å². The summed E-state index contributed by atoms with van der Waals surface area (Å²) in [5.74, 6) is 0.366. The van der Waals surface area contributed by atoms with Gasteiger partial charge < -0.3 is 4.98 Å². The number of carbonyl (C=O) groups excluding carboxylic acids is 1. The van der Waals surface area contributed by atoms with Crippen LogP contribution in [0.1, 0.15) is 19.2 Å². The molecule has 0 atom stereocenters. The van der Waals surface area contributed by atoms with Gasteiger partial charge in [0.05, 0.1) is 21.8 Å². The van der Waals surface area contributed by atoms with Crippen molar-refractivity contribution in [2.24, 2.45) is 0 Å². The third-order valence-electron chi connectivity index (χ3n) is 4.74. The molecule has 0 saturated carbocycles. The Bertz CT molecular complexity index is 1360. The zero-order valence-electron chi connectivity index (χ0n) is 16.3. The first-order valence-electron chi connectivity index (χ1n) is 9.59. The van der Waals surface area contributed by atoms with Gasteiger partial charge in [0.2, 0.25) is 11.9 Å². The van der Waals surface area contributed by atoms with Crippen molar-refractivity contribution in [3.63, 3.8) is 0 Å². The SMILES string of the molecule is CCn1c(NNC(=O)CCc2nc3ccccc3c(=O)[nH]2)nc2ccccc2c1=O. The van der Waals surface area contributed by atoms with Crippen LogP contribution in [-0.2, 0) is 17.8 Å². The molecule has 2 aromatic heterocycles. The van der Waals surface area contributed by atoms with Gasteiger partial charge in [0.1, 0.15) is 5.82 Å². The maximum atomic E-state index is 12.6. The molecule has 0 aliphatic heterocycles. The van der Waals surface area contributed by atoms with E-state index in [9.17, 15) is 14.4 Å². The Morgan fingerprint density at radius 2 is 1.67 bits per heavy atom. The molecule has 0 aliphatic rings. The number of rotatable bonds is 6. The molecule has 0 saturated heterocycles. The molecule has 4 rings (SSSR count). The highest BCUT2D eigenvalue weighted by Gasteiger charge is 2.11. The topological polar surface area (TPSA) is 122 Å². The minimum Gasteiger partial charge on any atom is -0.310 e. The van der Waals surface area contributed by atoms with E-state index >= 15 is 0 Å². The van der Waals surface area contributed by atoms with E-state index in [0.29, 0.717) is 34.2 Å². The summed E-state index contributed by atoms with van der Waals surface area (Å²) in [6, 6.07) is 14.1. The largest absolute Gasteiger partial charge is 0.310 e. The lowest BCUT2D eigenvalue weighted by Gasteiger charge is -2.14. The normalized spacial score (nSPS) is 11.0. The summed E-state index contributed by atoms with van der Waals surface area (Å²) in [4.78, 5) is 48.5. The Morgan fingerprint density at radius 1 is 1.00 bits per heavy atom. The first-order valence-corrected chi connectivity index (χ1v) is 9.59. The van der Waals surface area contributed by atoms with Gasteiger partial charge in [-0.3, -0.25) is 29.8 Å². The smallest absolute Gasteiger partial charge is 0.262 e. The van der Waals surface area contributed by atoms with Gasteiger partial charge in [-0.2, -0.15) is 0 Å². The molecule has 0 bridgehead atoms. The van der Waals surface area contributed by atoms with Gasteiger partial charge in [-0.1, -0.05) is 24.3 Å². The van der Waals surface area contributed by atoms with Crippen LogP contribution in [0.5, 0.6) is 0 Å². The number of benzene rings is 2. The van der Waals surface area contributed by atoms with E-state index in [1.807, 2.05) is 6.92 Å². The Balaban J connectivity index is 1.45. The van der Waals surface area contributed by atoms with Crippen LogP contribution in [0.3, 0.4) is 0 Å². The van der Waals surface area contributed by atoms with E-state index in [2.05, 4.69) is 25.8 Å². The second-order valence-electron chi connectivity index (χ2n) is 6.70. The van der Waals surface area contributed by atoms with Gasteiger partial charge in [-0.25, -0.2) is 9.97 Å². The number of anilines is 1. The quantitative estimate of drug-likeness (QED) is 0.421. The minimum atomic E-state index is -0.323. The molecule has 0 fully saturated rings. The molecule has 3 N–H and O–H groups in total. The lowest BCUT2D eigenvalue weighted by atomic mass is 10.2. The average Bonchev–Trinajstić information content (AvgIpc) is 2.76. The fourth-order valence-electron chi connectivity index (χ4n) is 3.23. The lowest BCUT2D eigenvalue weighted by molar-refractivity contribution is -0.120. The predicted octanol–water partition coefficient (Wildman–Crippen LogP) is 1.73. The van der Waals surface area contributed by atoms with Gasteiger partial charge in [0.25, 0.3) is 11.1 Å². The van der Waals surface area contributed by atoms with E-state index in [1.165, 1.54) is 4.57 Å². The van der Waals surface area contributed by atoms with Crippen LogP contribution in [-0.4, -0.2) is 25.4 Å². The zero-order chi connectivity index (χ0) is 21.1. The maximum Gasteiger partial charge on any atom is 0.262 e. The van der Waals surface area contributed by atoms with Crippen molar-refractivity contribution in [2.75, 3.05) is 5.43 Å². The van der Waals surface area contributed by atoms with Crippen molar-refractivity contribution in [2.45, 2.75) is 26.3 Å². The molecule has 2 heterocycles. The fourth-order valence-corrected chi connectivity index (χ4v) is 3.23. The molecule has 9 heteroatoms. The van der Waals surface area contributed by atoms with E-state index in [-0.39, 0.29) is 35.8 Å². The number of aryl methyl sites for hydroxylation is 1. The van der Waals surface area contributed by atoms with Crippen LogP contribution >= 0.6 is 0 Å². The molecular formula is C21H20N6O3. The van der Waals surface area contributed by atoms with Crippen LogP contribution in [0, 0.1) is 0 Å². The number of para-hydroxylation sites is 2. The lowest BCUT2D eigenvalue weighted by Crippen LogP contribution is -2.34. The molecule has 0 radical (unpaired) electrons. The van der Waals surface area contributed by atoms with Gasteiger partial charge in [-0.05, 0) is 31.2 Å². The number of nitrogens with one attached hydrogen (secondary N) is 3. The standard InChI is InChI=1S/C21H20N6O3/c1-2-27-20(30)14-8-4-6-10-16(14)23-21(27)26-25-18(28)12-11-17-22-15-9-5-3-7-13(15)19(29)24-17/h3-10H,2,11-12H2,1H3,(H,23,26)(H,25,28)(H,22,24,29). The van der Waals surface area contributed by atoms with E-state index < -0.39 is 0 Å². The van der Waals surface area contributed by atoms with E-state index in [1.54, 1.807) is 48.5 Å². The van der Waals surface area contributed by atoms with Crippen LogP contribution < -0.4 is 22.0 Å². The molecule has 30 heavy (non-hydrogen) atoms. The number of nitrogens with zero attached hydrogens (tertiary/aromatic N) is 3. The summed E-state index contributed by atoms with van der Waals surface area (Å²) in [5, 5.41) is 1.02. The van der Waals surface area contributed by atoms with Crippen molar-refractivity contribution in [1.82, 2.24) is 24.9 Å². The third-order valence-corrected chi connectivity index (χ3v) is 4.74. The Hall–Kier alpha value is -4.01. The van der Waals surface area contributed by atoms with Crippen LogP contribution in [0.4, 0.5) is 5.95 Å². The first-order chi connectivity index (χ1) is 14.6. The molecule has 152 valence electrons. The van der Waals surface area contributed by atoms with Crippen molar-refractivity contribution in [3.8, 4) is 0 Å². The number of hydrazine groups is 1. The highest BCUT2D eigenvalue weighted by Crippen LogP contribution is 2.10. The second kappa shape index (κ2) is 8.16. The number of aromatic nitrogens is 4. The maximum absolute atomic E-state index is 12.6. The molecule has 0 unspecified atom stereocenters. The average molecular weight is 404 g/mol. The highest BCUT2D eigenvalue weighted by atomic mass is 16.2. The predicted molar refractivity (Wildman–Crippen MR) is 114 cm³/mol. The molecule has 4 aromatic rings. The number of fused-ring (bicyclic) bond motifs is 2. The van der Waals surface area contributed by atoms with Crippen LogP contribution in [0.2, 0.25) is 0 Å². The van der Waals surface area contributed by atoms with Crippen LogP contribution in [0.25, 0.3) is 21.8 Å². The number of hydrogen-bond acceptors (Lipinski definition) is 6. The monoisotopic (exact) mass is 404 g/mol. The summed E-state index contributed by atoms with van der Waals surface area (Å²) >= 11 is 0. The number of hydrogen-bond donors (Lipinski definition) is 3. The zero-order valence-corrected chi connectivity index (χ0v) is 16.3. The summed E-state index contributed by atoms with van der Waals surface area (Å²) in [6.45, 7) is 2.23. The molecule has 0 aliphatic carbocycles. The molecule has 0 spiro atoms. The second-order valence-corrected chi connectivity index (χ2v) is 6.70. The van der Waals surface area contributed by atoms with Gasteiger partial charge in [-0.15, -0.1) is 0 Å². The first kappa shape index (κ1) is 19.3. The van der Waals surface area contributed by atoms with Crippen molar-refractivity contribution in [3.05, 3.63) is 75.1 Å². The van der Waals surface area contributed by atoms with Crippen LogP contribution in [0.15, 0.2) is 58.1 Å². The number of aromatic amines is 1. The van der Waals surface area contributed by atoms with Crippen molar-refractivity contribution >= 4 is 33.7 Å². The number of H-pyrrole nitrogens is 1. The molecule has 1 amide bonds. The number of carbonyl (C=O) groups is 1. The Morgan fingerprint density at radius 3 is 2.40 bits per heavy atom. The summed E-state index contributed by atoms with van der Waals surface area (Å²) < 4.78 is 1.45. The summed E-state index contributed by atoms with van der Waals surface area (Å²) in [5.41, 5.74) is 6.00. The Kier molecular flexibility index (Phi) is 5.25. The summed E-state index contributed by atoms with van der Waals surface area (Å²) in [6.07, 6.45) is 0.359. The summed E-state index contributed by atoms with van der Waals surface area (Å²) in [7, 11) is 0. The van der Waals surface area contributed by atoms with Gasteiger partial charge in [0, 0.05) is 19.4 Å². The van der Waals surface area contributed by atoms with Gasteiger partial charge in [0.15, 0.2) is 0 Å². The van der Waals surface area contributed by atoms with E-state index in [4.69, 9.17) is 0 Å². The fraction of sp³-hybridized carbons (Fsp3) is 0.190.